The third-order valence-corrected chi connectivity index (χ3v) is 4.35. The van der Waals surface area contributed by atoms with Gasteiger partial charge in [-0.15, -0.1) is 0 Å². The molecule has 0 spiro atoms. The Balaban J connectivity index is 1.80. The summed E-state index contributed by atoms with van der Waals surface area (Å²) in [5.74, 6) is 0.127. The first-order valence-electron chi connectivity index (χ1n) is 7.26. The molecule has 0 radical (unpaired) electrons. The van der Waals surface area contributed by atoms with Crippen LogP contribution in [0.3, 0.4) is 0 Å². The van der Waals surface area contributed by atoms with Crippen molar-refractivity contribution in [1.29, 1.82) is 0 Å². The third-order valence-electron chi connectivity index (χ3n) is 3.85. The minimum absolute atomic E-state index is 0.127. The van der Waals surface area contributed by atoms with Crippen molar-refractivity contribution in [2.45, 2.75) is 24.9 Å². The Morgan fingerprint density at radius 3 is 2.81 bits per heavy atom. The van der Waals surface area contributed by atoms with Gasteiger partial charge in [-0.25, -0.2) is 0 Å². The minimum atomic E-state index is -0.675. The molecule has 1 heterocycles. The highest BCUT2D eigenvalue weighted by atomic mass is 79.9. The lowest BCUT2D eigenvalue weighted by Gasteiger charge is -2.35. The maximum Gasteiger partial charge on any atom is 0.164 e. The number of likely N-dealkylation sites (N-methyl/N-ethyl adjacent to an activating group) is 1. The number of rotatable bonds is 6. The van der Waals surface area contributed by atoms with Crippen LogP contribution in [0.25, 0.3) is 0 Å². The highest BCUT2D eigenvalue weighted by molar-refractivity contribution is 9.10. The first-order chi connectivity index (χ1) is 9.98. The number of halogens is 1. The molecule has 0 amide bonds. The van der Waals surface area contributed by atoms with Gasteiger partial charge in [-0.2, -0.15) is 0 Å². The zero-order valence-electron chi connectivity index (χ0n) is 12.3. The van der Waals surface area contributed by atoms with Crippen LogP contribution in [0.15, 0.2) is 28.7 Å². The number of ether oxygens (including phenoxy) is 1. The van der Waals surface area contributed by atoms with Gasteiger partial charge in [0.15, 0.2) is 5.78 Å². The maximum absolute atomic E-state index is 12.1. The SMILES string of the molecule is CN(CCC(=O)c1cccc(Br)c1)CC1(O)CCOCC1. The summed E-state index contributed by atoms with van der Waals surface area (Å²) < 4.78 is 6.19. The Morgan fingerprint density at radius 1 is 1.43 bits per heavy atom. The predicted molar refractivity (Wildman–Crippen MR) is 85.6 cm³/mol. The number of hydrogen-bond acceptors (Lipinski definition) is 4. The van der Waals surface area contributed by atoms with Crippen LogP contribution < -0.4 is 0 Å². The van der Waals surface area contributed by atoms with Gasteiger partial charge < -0.3 is 14.7 Å². The Kier molecular flexibility index (Phi) is 5.93. The van der Waals surface area contributed by atoms with Gasteiger partial charge in [0, 0.05) is 55.6 Å². The molecule has 0 bridgehead atoms. The van der Waals surface area contributed by atoms with Crippen molar-refractivity contribution in [3.05, 3.63) is 34.3 Å². The summed E-state index contributed by atoms with van der Waals surface area (Å²) in [6.45, 7) is 2.46. The van der Waals surface area contributed by atoms with Crippen LogP contribution in [0.2, 0.25) is 0 Å². The Bertz CT molecular complexity index is 486. The molecule has 1 aliphatic rings. The molecule has 0 aliphatic carbocycles. The van der Waals surface area contributed by atoms with Crippen LogP contribution >= 0.6 is 15.9 Å². The lowest BCUT2D eigenvalue weighted by Crippen LogP contribution is -2.46. The van der Waals surface area contributed by atoms with Crippen LogP contribution in [-0.4, -0.2) is 54.7 Å². The fourth-order valence-electron chi connectivity index (χ4n) is 2.59. The molecule has 0 atom stereocenters. The lowest BCUT2D eigenvalue weighted by molar-refractivity contribution is -0.0767. The van der Waals surface area contributed by atoms with Gasteiger partial charge in [0.1, 0.15) is 0 Å². The molecule has 0 unspecified atom stereocenters. The second kappa shape index (κ2) is 7.49. The molecule has 1 fully saturated rings. The fourth-order valence-corrected chi connectivity index (χ4v) is 2.99. The summed E-state index contributed by atoms with van der Waals surface area (Å²) in [7, 11) is 1.95. The molecule has 1 aliphatic heterocycles. The summed E-state index contributed by atoms with van der Waals surface area (Å²) in [4.78, 5) is 14.2. The average molecular weight is 356 g/mol. The molecule has 5 heteroatoms. The zero-order valence-corrected chi connectivity index (χ0v) is 13.9. The first kappa shape index (κ1) is 16.6. The number of benzene rings is 1. The van der Waals surface area contributed by atoms with E-state index in [-0.39, 0.29) is 5.78 Å². The van der Waals surface area contributed by atoms with Crippen LogP contribution in [0.1, 0.15) is 29.6 Å². The second-order valence-corrected chi connectivity index (χ2v) is 6.67. The zero-order chi connectivity index (χ0) is 15.3. The van der Waals surface area contributed by atoms with Gasteiger partial charge in [0.2, 0.25) is 0 Å². The monoisotopic (exact) mass is 355 g/mol. The molecule has 2 rings (SSSR count). The van der Waals surface area contributed by atoms with Crippen LogP contribution in [0.4, 0.5) is 0 Å². The van der Waals surface area contributed by atoms with Crippen molar-refractivity contribution in [3.8, 4) is 0 Å². The largest absolute Gasteiger partial charge is 0.388 e. The lowest BCUT2D eigenvalue weighted by atomic mass is 9.94. The van der Waals surface area contributed by atoms with E-state index < -0.39 is 5.60 Å². The van der Waals surface area contributed by atoms with E-state index in [2.05, 4.69) is 15.9 Å². The van der Waals surface area contributed by atoms with E-state index in [1.807, 2.05) is 36.2 Å². The smallest absolute Gasteiger partial charge is 0.164 e. The number of nitrogens with zero attached hydrogens (tertiary/aromatic N) is 1. The Morgan fingerprint density at radius 2 is 2.14 bits per heavy atom. The fraction of sp³-hybridized carbons (Fsp3) is 0.562. The Labute approximate surface area is 134 Å². The molecule has 1 aromatic rings. The van der Waals surface area contributed by atoms with Crippen molar-refractivity contribution >= 4 is 21.7 Å². The number of carbonyl (C=O) groups is 1. The first-order valence-corrected chi connectivity index (χ1v) is 8.05. The van der Waals surface area contributed by atoms with Crippen molar-refractivity contribution in [2.75, 3.05) is 33.4 Å². The topological polar surface area (TPSA) is 49.8 Å². The number of ketones is 1. The summed E-state index contributed by atoms with van der Waals surface area (Å²) in [5.41, 5.74) is 0.0498. The highest BCUT2D eigenvalue weighted by Crippen LogP contribution is 2.21. The predicted octanol–water partition coefficient (Wildman–Crippen LogP) is 2.50. The van der Waals surface area contributed by atoms with Gasteiger partial charge >= 0.3 is 0 Å². The van der Waals surface area contributed by atoms with E-state index in [0.717, 1.165) is 10.0 Å². The van der Waals surface area contributed by atoms with Gasteiger partial charge in [-0.3, -0.25) is 4.79 Å². The Hall–Kier alpha value is -0.750. The normalized spacial score (nSPS) is 17.9. The third kappa shape index (κ3) is 5.18. The van der Waals surface area contributed by atoms with E-state index >= 15 is 0 Å². The summed E-state index contributed by atoms with van der Waals surface area (Å²) in [6, 6.07) is 7.45. The molecule has 4 nitrogen and oxygen atoms in total. The maximum atomic E-state index is 12.1. The van der Waals surface area contributed by atoms with Crippen molar-refractivity contribution in [3.63, 3.8) is 0 Å². The summed E-state index contributed by atoms with van der Waals surface area (Å²) >= 11 is 3.38. The van der Waals surface area contributed by atoms with Gasteiger partial charge in [-0.1, -0.05) is 28.1 Å². The summed E-state index contributed by atoms with van der Waals surface area (Å²) in [5, 5.41) is 10.4. The molecule has 1 saturated heterocycles. The van der Waals surface area contributed by atoms with E-state index in [0.29, 0.717) is 45.6 Å². The minimum Gasteiger partial charge on any atom is -0.388 e. The molecule has 0 aromatic heterocycles. The second-order valence-electron chi connectivity index (χ2n) is 5.76. The summed E-state index contributed by atoms with van der Waals surface area (Å²) in [6.07, 6.45) is 1.79. The average Bonchev–Trinajstić information content (AvgIpc) is 2.45. The standard InChI is InChI=1S/C16H22BrNO3/c1-18(12-16(20)6-9-21-10-7-16)8-5-15(19)13-3-2-4-14(17)11-13/h2-4,11,20H,5-10,12H2,1H3. The number of aliphatic hydroxyl groups is 1. The van der Waals surface area contributed by atoms with Crippen molar-refractivity contribution in [2.24, 2.45) is 0 Å². The quantitative estimate of drug-likeness (QED) is 0.796. The molecular formula is C16H22BrNO3. The number of Topliss-reactive ketones (excluding diaryl/α,β-unsaturated/α-hetero) is 1. The van der Waals surface area contributed by atoms with Gasteiger partial charge in [0.25, 0.3) is 0 Å². The molecule has 1 N–H and O–H groups in total. The van der Waals surface area contributed by atoms with Crippen LogP contribution in [0, 0.1) is 0 Å². The molecule has 1 aromatic carbocycles. The van der Waals surface area contributed by atoms with Gasteiger partial charge in [-0.05, 0) is 19.2 Å². The number of hydrogen-bond donors (Lipinski definition) is 1. The van der Waals surface area contributed by atoms with Crippen LogP contribution in [-0.2, 0) is 4.74 Å². The molecular weight excluding hydrogens is 334 g/mol. The molecule has 21 heavy (non-hydrogen) atoms. The highest BCUT2D eigenvalue weighted by Gasteiger charge is 2.30. The van der Waals surface area contributed by atoms with Gasteiger partial charge in [0.05, 0.1) is 5.60 Å². The van der Waals surface area contributed by atoms with E-state index in [1.54, 1.807) is 0 Å². The van der Waals surface area contributed by atoms with Crippen molar-refractivity contribution < 1.29 is 14.6 Å². The van der Waals surface area contributed by atoms with Crippen molar-refractivity contribution in [1.82, 2.24) is 4.90 Å². The van der Waals surface area contributed by atoms with E-state index in [4.69, 9.17) is 4.74 Å². The molecule has 116 valence electrons. The van der Waals surface area contributed by atoms with E-state index in [9.17, 15) is 9.90 Å². The molecule has 0 saturated carbocycles. The van der Waals surface area contributed by atoms with E-state index in [1.165, 1.54) is 0 Å². The number of carbonyl (C=O) groups excluding carboxylic acids is 1. The van der Waals surface area contributed by atoms with Crippen LogP contribution in [0.5, 0.6) is 0 Å².